The highest BCUT2D eigenvalue weighted by Gasteiger charge is 2.44. The van der Waals surface area contributed by atoms with Crippen molar-refractivity contribution in [1.82, 2.24) is 4.90 Å². The van der Waals surface area contributed by atoms with Gasteiger partial charge in [0.05, 0.1) is 0 Å². The molecule has 1 aromatic rings. The molecule has 1 saturated carbocycles. The molecule has 2 unspecified atom stereocenters. The highest BCUT2D eigenvalue weighted by atomic mass is 35.5. The molecule has 1 aromatic carbocycles. The van der Waals surface area contributed by atoms with Crippen LogP contribution in [0.1, 0.15) is 32.6 Å². The number of aliphatic imine (C=N–C) groups is 1. The van der Waals surface area contributed by atoms with E-state index in [9.17, 15) is 9.18 Å². The summed E-state index contributed by atoms with van der Waals surface area (Å²) in [6.07, 6.45) is 12.8. The Bertz CT molecular complexity index is 928. The summed E-state index contributed by atoms with van der Waals surface area (Å²) < 4.78 is 14.0. The Morgan fingerprint density at radius 3 is 2.60 bits per heavy atom. The number of amides is 2. The van der Waals surface area contributed by atoms with Crippen LogP contribution >= 0.6 is 11.6 Å². The van der Waals surface area contributed by atoms with Crippen LogP contribution in [0.5, 0.6) is 0 Å². The van der Waals surface area contributed by atoms with Gasteiger partial charge >= 0.3 is 6.03 Å². The number of allylic oxidation sites excluding steroid dienone is 5. The number of nitrogens with one attached hydrogen (secondary N) is 1. The minimum atomic E-state index is -0.187. The first-order valence-corrected chi connectivity index (χ1v) is 10.8. The molecule has 4 rings (SSSR count). The molecular formula is C24H27ClFN3O. The van der Waals surface area contributed by atoms with Crippen LogP contribution < -0.4 is 5.32 Å². The molecule has 0 radical (unpaired) electrons. The minimum absolute atomic E-state index is 0.0278. The van der Waals surface area contributed by atoms with Gasteiger partial charge in [0.25, 0.3) is 0 Å². The summed E-state index contributed by atoms with van der Waals surface area (Å²) >= 11 is 5.91. The highest BCUT2D eigenvalue weighted by molar-refractivity contribution is 6.30. The number of carbonyl (C=O) groups is 1. The number of fused-ring (bicyclic) bond motifs is 1. The van der Waals surface area contributed by atoms with Crippen LogP contribution in [0.15, 0.2) is 65.6 Å². The Morgan fingerprint density at radius 2 is 1.90 bits per heavy atom. The lowest BCUT2D eigenvalue weighted by Crippen LogP contribution is -2.45. The fraction of sp³-hybridized carbons (Fsp3) is 0.417. The molecule has 1 heterocycles. The monoisotopic (exact) mass is 427 g/mol. The van der Waals surface area contributed by atoms with Gasteiger partial charge in [0.15, 0.2) is 0 Å². The Kier molecular flexibility index (Phi) is 5.83. The van der Waals surface area contributed by atoms with E-state index in [1.165, 1.54) is 6.08 Å². The van der Waals surface area contributed by atoms with E-state index in [1.807, 2.05) is 13.2 Å². The molecule has 2 aliphatic carbocycles. The van der Waals surface area contributed by atoms with E-state index in [0.717, 1.165) is 37.1 Å². The second-order valence-electron chi connectivity index (χ2n) is 8.65. The summed E-state index contributed by atoms with van der Waals surface area (Å²) in [5, 5.41) is 3.57. The van der Waals surface area contributed by atoms with Gasteiger partial charge < -0.3 is 10.2 Å². The van der Waals surface area contributed by atoms with E-state index in [1.54, 1.807) is 41.3 Å². The quantitative estimate of drug-likeness (QED) is 0.597. The van der Waals surface area contributed by atoms with Gasteiger partial charge in [-0.15, -0.1) is 0 Å². The van der Waals surface area contributed by atoms with Crippen molar-refractivity contribution >= 4 is 29.0 Å². The maximum atomic E-state index is 14.0. The van der Waals surface area contributed by atoms with Crippen molar-refractivity contribution in [3.05, 3.63) is 65.6 Å². The molecule has 0 bridgehead atoms. The Morgan fingerprint density at radius 1 is 1.20 bits per heavy atom. The summed E-state index contributed by atoms with van der Waals surface area (Å²) in [5.41, 5.74) is 1.51. The molecule has 0 aromatic heterocycles. The van der Waals surface area contributed by atoms with E-state index in [2.05, 4.69) is 23.3 Å². The molecule has 0 saturated heterocycles. The number of carbonyl (C=O) groups excluding carboxylic acids is 1. The molecule has 2 amide bonds. The number of urea groups is 1. The fourth-order valence-corrected chi connectivity index (χ4v) is 5.09. The average molecular weight is 428 g/mol. The third kappa shape index (κ3) is 4.08. The van der Waals surface area contributed by atoms with Gasteiger partial charge in [-0.1, -0.05) is 24.6 Å². The Labute approximate surface area is 182 Å². The highest BCUT2D eigenvalue weighted by Crippen LogP contribution is 2.49. The number of halogens is 2. The van der Waals surface area contributed by atoms with Gasteiger partial charge in [-0.3, -0.25) is 4.99 Å². The summed E-state index contributed by atoms with van der Waals surface area (Å²) in [6.45, 7) is 2.22. The number of anilines is 1. The van der Waals surface area contributed by atoms with E-state index >= 15 is 0 Å². The normalized spacial score (nSPS) is 30.2. The summed E-state index contributed by atoms with van der Waals surface area (Å²) in [4.78, 5) is 18.9. The zero-order valence-corrected chi connectivity index (χ0v) is 18.1. The van der Waals surface area contributed by atoms with E-state index in [-0.39, 0.29) is 29.2 Å². The maximum absolute atomic E-state index is 14.0. The molecule has 1 N–H and O–H groups in total. The van der Waals surface area contributed by atoms with Crippen LogP contribution in [-0.4, -0.2) is 29.7 Å². The molecule has 1 aliphatic heterocycles. The van der Waals surface area contributed by atoms with Gasteiger partial charge in [-0.2, -0.15) is 0 Å². The Balaban J connectivity index is 1.38. The standard InChI is InChI=1S/C24H27ClFN3O/c1-24(13-14-27-22-12-7-18(26)15-21(22)24)16-3-10-20(11-4-16)29(2)23(30)28-19-8-5-17(25)6-9-19/h5-9,12-16,20-21H,3-4,10-11H2,1-2H3,(H,28,30). The number of benzene rings is 1. The third-order valence-electron chi connectivity index (χ3n) is 6.93. The second kappa shape index (κ2) is 8.38. The van der Waals surface area contributed by atoms with Gasteiger partial charge in [-0.25, -0.2) is 9.18 Å². The lowest BCUT2D eigenvalue weighted by Gasteiger charge is -2.46. The topological polar surface area (TPSA) is 44.7 Å². The molecule has 158 valence electrons. The number of hydrogen-bond acceptors (Lipinski definition) is 2. The molecule has 30 heavy (non-hydrogen) atoms. The zero-order chi connectivity index (χ0) is 21.3. The van der Waals surface area contributed by atoms with Crippen molar-refractivity contribution < 1.29 is 9.18 Å². The largest absolute Gasteiger partial charge is 0.325 e. The predicted octanol–water partition coefficient (Wildman–Crippen LogP) is 6.38. The van der Waals surface area contributed by atoms with Crippen molar-refractivity contribution in [1.29, 1.82) is 0 Å². The SMILES string of the molecule is CN(C(=O)Nc1ccc(Cl)cc1)C1CCC(C2(C)C=CN=C3C=CC(F)=CC32)CC1. The number of rotatable bonds is 3. The fourth-order valence-electron chi connectivity index (χ4n) is 4.96. The molecule has 3 aliphatic rings. The lowest BCUT2D eigenvalue weighted by atomic mass is 9.60. The van der Waals surface area contributed by atoms with Crippen LogP contribution in [0.3, 0.4) is 0 Å². The maximum Gasteiger partial charge on any atom is 0.321 e. The van der Waals surface area contributed by atoms with Crippen molar-refractivity contribution in [2.45, 2.75) is 38.6 Å². The van der Waals surface area contributed by atoms with Crippen molar-refractivity contribution in [3.8, 4) is 0 Å². The van der Waals surface area contributed by atoms with Gasteiger partial charge in [0.2, 0.25) is 0 Å². The molecule has 6 heteroatoms. The minimum Gasteiger partial charge on any atom is -0.325 e. The molecular weight excluding hydrogens is 401 g/mol. The predicted molar refractivity (Wildman–Crippen MR) is 120 cm³/mol. The van der Waals surface area contributed by atoms with E-state index < -0.39 is 0 Å². The first-order chi connectivity index (χ1) is 14.4. The van der Waals surface area contributed by atoms with E-state index in [4.69, 9.17) is 11.6 Å². The Hall–Kier alpha value is -2.40. The first kappa shape index (κ1) is 20.9. The summed E-state index contributed by atoms with van der Waals surface area (Å²) in [5.74, 6) is 0.205. The molecule has 0 spiro atoms. The van der Waals surface area contributed by atoms with Crippen LogP contribution in [0.25, 0.3) is 0 Å². The van der Waals surface area contributed by atoms with Crippen molar-refractivity contribution in [3.63, 3.8) is 0 Å². The summed E-state index contributed by atoms with van der Waals surface area (Å²) in [7, 11) is 1.85. The van der Waals surface area contributed by atoms with Crippen LogP contribution in [0.2, 0.25) is 5.02 Å². The molecule has 4 nitrogen and oxygen atoms in total. The molecule has 2 atom stereocenters. The lowest BCUT2D eigenvalue weighted by molar-refractivity contribution is 0.117. The average Bonchev–Trinajstić information content (AvgIpc) is 2.75. The smallest absolute Gasteiger partial charge is 0.321 e. The zero-order valence-electron chi connectivity index (χ0n) is 17.3. The van der Waals surface area contributed by atoms with Gasteiger partial charge in [0.1, 0.15) is 5.83 Å². The number of nitrogens with zero attached hydrogens (tertiary/aromatic N) is 2. The van der Waals surface area contributed by atoms with Gasteiger partial charge in [0, 0.05) is 47.0 Å². The first-order valence-electron chi connectivity index (χ1n) is 10.5. The van der Waals surface area contributed by atoms with Gasteiger partial charge in [-0.05, 0) is 74.1 Å². The van der Waals surface area contributed by atoms with E-state index in [0.29, 0.717) is 10.9 Å². The van der Waals surface area contributed by atoms with Crippen LogP contribution in [-0.2, 0) is 0 Å². The summed E-state index contributed by atoms with van der Waals surface area (Å²) in [6, 6.07) is 7.20. The molecule has 1 fully saturated rings. The number of hydrogen-bond donors (Lipinski definition) is 1. The second-order valence-corrected chi connectivity index (χ2v) is 9.09. The van der Waals surface area contributed by atoms with Crippen LogP contribution in [0.4, 0.5) is 14.9 Å². The van der Waals surface area contributed by atoms with Crippen molar-refractivity contribution in [2.75, 3.05) is 12.4 Å². The van der Waals surface area contributed by atoms with Crippen LogP contribution in [0, 0.1) is 17.3 Å². The third-order valence-corrected chi connectivity index (χ3v) is 7.18. The van der Waals surface area contributed by atoms with Crippen molar-refractivity contribution in [2.24, 2.45) is 22.2 Å².